The van der Waals surface area contributed by atoms with Crippen molar-refractivity contribution in [1.82, 2.24) is 0 Å². The van der Waals surface area contributed by atoms with Gasteiger partial charge in [-0.2, -0.15) is 5.26 Å². The van der Waals surface area contributed by atoms with Crippen molar-refractivity contribution >= 4 is 55.5 Å². The number of nitrogens with zero attached hydrogens (tertiary/aromatic N) is 1. The highest BCUT2D eigenvalue weighted by molar-refractivity contribution is 9.10. The summed E-state index contributed by atoms with van der Waals surface area (Å²) < 4.78 is 11.7. The summed E-state index contributed by atoms with van der Waals surface area (Å²) in [6.07, 6.45) is 1.47. The first-order chi connectivity index (χ1) is 13.4. The van der Waals surface area contributed by atoms with Crippen LogP contribution < -0.4 is 10.1 Å². The van der Waals surface area contributed by atoms with E-state index in [2.05, 4.69) is 37.2 Å². The molecule has 6 nitrogen and oxygen atoms in total. The average molecular weight is 508 g/mol. The highest BCUT2D eigenvalue weighted by Crippen LogP contribution is 2.27. The van der Waals surface area contributed by atoms with E-state index in [4.69, 9.17) is 9.47 Å². The number of carbonyl (C=O) groups excluding carboxylic acids is 2. The SMILES string of the molecule is CCOC(=O)COc1ccc(/C=C(/C#N)C(=O)Nc2ccc(Br)cc2)cc1Br. The Bertz CT molecular complexity index is 934. The number of carbonyl (C=O) groups is 2. The second kappa shape index (κ2) is 10.6. The summed E-state index contributed by atoms with van der Waals surface area (Å²) in [6.45, 7) is 1.79. The number of amides is 1. The molecule has 2 aromatic rings. The van der Waals surface area contributed by atoms with Gasteiger partial charge in [-0.1, -0.05) is 22.0 Å². The molecule has 2 rings (SSSR count). The summed E-state index contributed by atoms with van der Waals surface area (Å²) >= 11 is 6.67. The number of esters is 1. The van der Waals surface area contributed by atoms with Gasteiger partial charge in [0.2, 0.25) is 0 Å². The second-order valence-electron chi connectivity index (χ2n) is 5.41. The van der Waals surface area contributed by atoms with Crippen LogP contribution in [0.2, 0.25) is 0 Å². The van der Waals surface area contributed by atoms with Crippen molar-refractivity contribution in [2.45, 2.75) is 6.92 Å². The molecule has 0 saturated carbocycles. The van der Waals surface area contributed by atoms with E-state index in [1.807, 2.05) is 6.07 Å². The quantitative estimate of drug-likeness (QED) is 0.333. The lowest BCUT2D eigenvalue weighted by molar-refractivity contribution is -0.145. The van der Waals surface area contributed by atoms with Crippen LogP contribution in [0.4, 0.5) is 5.69 Å². The van der Waals surface area contributed by atoms with Gasteiger partial charge < -0.3 is 14.8 Å². The zero-order chi connectivity index (χ0) is 20.5. The Hall–Kier alpha value is -2.63. The Balaban J connectivity index is 2.09. The van der Waals surface area contributed by atoms with Gasteiger partial charge in [0.1, 0.15) is 17.4 Å². The molecule has 1 amide bonds. The maximum absolute atomic E-state index is 12.3. The minimum atomic E-state index is -0.511. The minimum Gasteiger partial charge on any atom is -0.481 e. The van der Waals surface area contributed by atoms with Crippen molar-refractivity contribution in [2.75, 3.05) is 18.5 Å². The molecule has 2 aromatic carbocycles. The van der Waals surface area contributed by atoms with Crippen LogP contribution in [0.15, 0.2) is 57.0 Å². The zero-order valence-electron chi connectivity index (χ0n) is 14.9. The summed E-state index contributed by atoms with van der Waals surface area (Å²) in [4.78, 5) is 23.7. The third kappa shape index (κ3) is 6.51. The predicted molar refractivity (Wildman–Crippen MR) is 113 cm³/mol. The highest BCUT2D eigenvalue weighted by Gasteiger charge is 2.11. The zero-order valence-corrected chi connectivity index (χ0v) is 18.0. The monoisotopic (exact) mass is 506 g/mol. The summed E-state index contributed by atoms with van der Waals surface area (Å²) in [6, 6.07) is 13.9. The first-order valence-electron chi connectivity index (χ1n) is 8.19. The lowest BCUT2D eigenvalue weighted by Gasteiger charge is -2.08. The minimum absolute atomic E-state index is 0.0463. The van der Waals surface area contributed by atoms with Crippen LogP contribution >= 0.6 is 31.9 Å². The van der Waals surface area contributed by atoms with Gasteiger partial charge in [0.15, 0.2) is 6.61 Å². The largest absolute Gasteiger partial charge is 0.481 e. The van der Waals surface area contributed by atoms with Crippen molar-refractivity contribution < 1.29 is 19.1 Å². The second-order valence-corrected chi connectivity index (χ2v) is 7.18. The molecule has 8 heteroatoms. The standard InChI is InChI=1S/C20H16Br2N2O4/c1-2-27-19(25)12-28-18-8-3-13(10-17(18)22)9-14(11-23)20(26)24-16-6-4-15(21)5-7-16/h3-10H,2,12H2,1H3,(H,24,26)/b14-9-. The predicted octanol–water partition coefficient (Wildman–Crippen LogP) is 4.70. The van der Waals surface area contributed by atoms with Gasteiger partial charge in [0.05, 0.1) is 11.1 Å². The van der Waals surface area contributed by atoms with Gasteiger partial charge in [0.25, 0.3) is 5.91 Å². The van der Waals surface area contributed by atoms with Gasteiger partial charge in [0, 0.05) is 10.2 Å². The van der Waals surface area contributed by atoms with Crippen molar-refractivity contribution in [3.8, 4) is 11.8 Å². The molecular formula is C20H16Br2N2O4. The van der Waals surface area contributed by atoms with E-state index in [1.54, 1.807) is 49.4 Å². The normalized spacial score (nSPS) is 10.7. The summed E-state index contributed by atoms with van der Waals surface area (Å²) in [5, 5.41) is 12.0. The topological polar surface area (TPSA) is 88.4 Å². The van der Waals surface area contributed by atoms with Crippen molar-refractivity contribution in [1.29, 1.82) is 5.26 Å². The lowest BCUT2D eigenvalue weighted by Crippen LogP contribution is -2.14. The molecule has 0 spiro atoms. The van der Waals surface area contributed by atoms with Gasteiger partial charge in [-0.05, 0) is 70.9 Å². The Morgan fingerprint density at radius 2 is 1.89 bits per heavy atom. The maximum Gasteiger partial charge on any atom is 0.344 e. The Kier molecular flexibility index (Phi) is 8.23. The number of nitrogens with one attached hydrogen (secondary N) is 1. The molecule has 0 fully saturated rings. The van der Waals surface area contributed by atoms with E-state index in [0.29, 0.717) is 21.5 Å². The summed E-state index contributed by atoms with van der Waals surface area (Å²) in [5.74, 6) is -0.527. The first kappa shape index (κ1) is 21.7. The third-order valence-electron chi connectivity index (χ3n) is 3.38. The van der Waals surface area contributed by atoms with Crippen LogP contribution in [-0.2, 0) is 14.3 Å². The molecule has 1 N–H and O–H groups in total. The fourth-order valence-corrected chi connectivity index (χ4v) is 2.89. The van der Waals surface area contributed by atoms with Crippen molar-refractivity contribution in [3.63, 3.8) is 0 Å². The maximum atomic E-state index is 12.3. The van der Waals surface area contributed by atoms with E-state index in [1.165, 1.54) is 6.08 Å². The van der Waals surface area contributed by atoms with Crippen LogP contribution in [0.25, 0.3) is 6.08 Å². The molecule has 28 heavy (non-hydrogen) atoms. The van der Waals surface area contributed by atoms with Crippen molar-refractivity contribution in [3.05, 3.63) is 62.5 Å². The van der Waals surface area contributed by atoms with Crippen LogP contribution in [0.5, 0.6) is 5.75 Å². The third-order valence-corrected chi connectivity index (χ3v) is 4.53. The summed E-state index contributed by atoms with van der Waals surface area (Å²) in [7, 11) is 0. The van der Waals surface area contributed by atoms with Gasteiger partial charge in [-0.25, -0.2) is 4.79 Å². The number of anilines is 1. The number of nitriles is 1. The van der Waals surface area contributed by atoms with Gasteiger partial charge in [-0.3, -0.25) is 4.79 Å². The smallest absolute Gasteiger partial charge is 0.344 e. The molecule has 144 valence electrons. The number of hydrogen-bond donors (Lipinski definition) is 1. The Morgan fingerprint density at radius 3 is 2.50 bits per heavy atom. The number of halogens is 2. The van der Waals surface area contributed by atoms with E-state index >= 15 is 0 Å². The fraction of sp³-hybridized carbons (Fsp3) is 0.150. The molecule has 0 radical (unpaired) electrons. The number of ether oxygens (including phenoxy) is 2. The molecule has 0 aliphatic rings. The number of hydrogen-bond acceptors (Lipinski definition) is 5. The Morgan fingerprint density at radius 1 is 1.18 bits per heavy atom. The van der Waals surface area contributed by atoms with Crippen LogP contribution in [-0.4, -0.2) is 25.1 Å². The van der Waals surface area contributed by atoms with Gasteiger partial charge in [-0.15, -0.1) is 0 Å². The molecular weight excluding hydrogens is 492 g/mol. The first-order valence-corrected chi connectivity index (χ1v) is 9.78. The molecule has 0 aromatic heterocycles. The van der Waals surface area contributed by atoms with E-state index in [-0.39, 0.29) is 18.8 Å². The average Bonchev–Trinajstić information content (AvgIpc) is 2.67. The molecule has 0 aliphatic heterocycles. The Labute approximate surface area is 179 Å². The summed E-state index contributed by atoms with van der Waals surface area (Å²) in [5.41, 5.74) is 1.16. The van der Waals surface area contributed by atoms with Crippen LogP contribution in [0, 0.1) is 11.3 Å². The van der Waals surface area contributed by atoms with Crippen LogP contribution in [0.1, 0.15) is 12.5 Å². The number of rotatable bonds is 7. The molecule has 0 atom stereocenters. The van der Waals surface area contributed by atoms with E-state index in [0.717, 1.165) is 4.47 Å². The van der Waals surface area contributed by atoms with E-state index < -0.39 is 11.9 Å². The van der Waals surface area contributed by atoms with Crippen LogP contribution in [0.3, 0.4) is 0 Å². The van der Waals surface area contributed by atoms with Crippen molar-refractivity contribution in [2.24, 2.45) is 0 Å². The highest BCUT2D eigenvalue weighted by atomic mass is 79.9. The molecule has 0 unspecified atom stereocenters. The lowest BCUT2D eigenvalue weighted by atomic mass is 10.1. The molecule has 0 aliphatic carbocycles. The molecule has 0 bridgehead atoms. The fourth-order valence-electron chi connectivity index (χ4n) is 2.11. The molecule has 0 heterocycles. The van der Waals surface area contributed by atoms with Gasteiger partial charge >= 0.3 is 5.97 Å². The number of benzene rings is 2. The van der Waals surface area contributed by atoms with E-state index in [9.17, 15) is 14.9 Å². The molecule has 0 saturated heterocycles.